The van der Waals surface area contributed by atoms with Crippen LogP contribution in [0.5, 0.6) is 5.75 Å². The second-order valence-electron chi connectivity index (χ2n) is 5.53. The molecule has 0 bridgehead atoms. The van der Waals surface area contributed by atoms with Crippen molar-refractivity contribution in [3.8, 4) is 5.75 Å². The van der Waals surface area contributed by atoms with Gasteiger partial charge in [0.05, 0.1) is 17.6 Å². The molecule has 1 amide bonds. The predicted molar refractivity (Wildman–Crippen MR) is 80.0 cm³/mol. The van der Waals surface area contributed by atoms with Gasteiger partial charge in [-0.3, -0.25) is 4.79 Å². The number of hydrogen-bond donors (Lipinski definition) is 2. The molecule has 1 rings (SSSR count). The van der Waals surface area contributed by atoms with Crippen LogP contribution in [0.15, 0.2) is 22.7 Å². The smallest absolute Gasteiger partial charge is 0.237 e. The first-order valence-corrected chi connectivity index (χ1v) is 6.90. The first-order valence-electron chi connectivity index (χ1n) is 6.11. The Morgan fingerprint density at radius 2 is 2.11 bits per heavy atom. The maximum Gasteiger partial charge on any atom is 0.237 e. The quantitative estimate of drug-likeness (QED) is 0.892. The van der Waals surface area contributed by atoms with Gasteiger partial charge in [0.15, 0.2) is 0 Å². The number of methoxy groups -OCH3 is 1. The van der Waals surface area contributed by atoms with Crippen molar-refractivity contribution in [1.82, 2.24) is 5.32 Å². The molecule has 0 saturated heterocycles. The summed E-state index contributed by atoms with van der Waals surface area (Å²) in [6.07, 6.45) is 0. The molecule has 0 aromatic heterocycles. The number of nitrogens with one attached hydrogen (secondary N) is 1. The second-order valence-corrected chi connectivity index (χ2v) is 6.38. The zero-order valence-corrected chi connectivity index (χ0v) is 13.4. The van der Waals surface area contributed by atoms with Crippen molar-refractivity contribution in [3.63, 3.8) is 0 Å². The van der Waals surface area contributed by atoms with Crippen molar-refractivity contribution < 1.29 is 9.53 Å². The van der Waals surface area contributed by atoms with Crippen LogP contribution >= 0.6 is 15.9 Å². The summed E-state index contributed by atoms with van der Waals surface area (Å²) in [4.78, 5) is 11.9. The summed E-state index contributed by atoms with van der Waals surface area (Å²) in [5, 5.41) is 2.84. The molecule has 1 aromatic carbocycles. The van der Waals surface area contributed by atoms with Crippen LogP contribution < -0.4 is 15.8 Å². The van der Waals surface area contributed by atoms with Crippen LogP contribution in [0.3, 0.4) is 0 Å². The highest BCUT2D eigenvalue weighted by Gasteiger charge is 2.27. The number of amides is 1. The molecule has 4 nitrogen and oxygen atoms in total. The average molecular weight is 329 g/mol. The molecule has 0 aliphatic heterocycles. The highest BCUT2D eigenvalue weighted by Crippen LogP contribution is 2.25. The van der Waals surface area contributed by atoms with Gasteiger partial charge in [-0.25, -0.2) is 0 Å². The molecule has 0 unspecified atom stereocenters. The first-order chi connectivity index (χ1) is 8.75. The minimum Gasteiger partial charge on any atom is -0.496 e. The number of benzene rings is 1. The van der Waals surface area contributed by atoms with Crippen molar-refractivity contribution in [2.45, 2.75) is 33.4 Å². The van der Waals surface area contributed by atoms with E-state index in [1.807, 2.05) is 39.0 Å². The monoisotopic (exact) mass is 328 g/mol. The predicted octanol–water partition coefficient (Wildman–Crippen LogP) is 2.45. The molecular formula is C14H21BrN2O2. The summed E-state index contributed by atoms with van der Waals surface area (Å²) >= 11 is 3.41. The van der Waals surface area contributed by atoms with Gasteiger partial charge in [0, 0.05) is 6.54 Å². The molecule has 1 aromatic rings. The van der Waals surface area contributed by atoms with Gasteiger partial charge in [0.25, 0.3) is 0 Å². The van der Waals surface area contributed by atoms with E-state index >= 15 is 0 Å². The lowest BCUT2D eigenvalue weighted by Crippen LogP contribution is -2.48. The summed E-state index contributed by atoms with van der Waals surface area (Å²) in [6, 6.07) is 5.16. The molecule has 0 aliphatic rings. The maximum atomic E-state index is 11.9. The largest absolute Gasteiger partial charge is 0.496 e. The molecule has 3 N–H and O–H groups in total. The number of carbonyl (C=O) groups excluding carboxylic acids is 1. The van der Waals surface area contributed by atoms with Crippen molar-refractivity contribution >= 4 is 21.8 Å². The van der Waals surface area contributed by atoms with Gasteiger partial charge >= 0.3 is 0 Å². The number of halogens is 1. The Labute approximate surface area is 122 Å². The molecule has 0 spiro atoms. The van der Waals surface area contributed by atoms with Gasteiger partial charge in [-0.2, -0.15) is 0 Å². The van der Waals surface area contributed by atoms with Gasteiger partial charge in [0.2, 0.25) is 5.91 Å². The van der Waals surface area contributed by atoms with Gasteiger partial charge in [-0.15, -0.1) is 0 Å². The molecule has 1 atom stereocenters. The molecule has 19 heavy (non-hydrogen) atoms. The van der Waals surface area contributed by atoms with E-state index < -0.39 is 6.04 Å². The van der Waals surface area contributed by atoms with E-state index in [1.165, 1.54) is 0 Å². The zero-order valence-electron chi connectivity index (χ0n) is 11.8. The van der Waals surface area contributed by atoms with E-state index in [0.29, 0.717) is 6.54 Å². The van der Waals surface area contributed by atoms with Crippen LogP contribution in [-0.4, -0.2) is 19.1 Å². The Morgan fingerprint density at radius 1 is 1.47 bits per heavy atom. The molecule has 0 aliphatic carbocycles. The van der Waals surface area contributed by atoms with Crippen LogP contribution in [0.4, 0.5) is 0 Å². The summed E-state index contributed by atoms with van der Waals surface area (Å²) in [5.41, 5.74) is 6.64. The van der Waals surface area contributed by atoms with Gasteiger partial charge < -0.3 is 15.8 Å². The Morgan fingerprint density at radius 3 is 2.58 bits per heavy atom. The maximum absolute atomic E-state index is 11.9. The van der Waals surface area contributed by atoms with E-state index in [1.54, 1.807) is 7.11 Å². The molecule has 0 saturated carbocycles. The van der Waals surface area contributed by atoms with Crippen LogP contribution in [0, 0.1) is 5.41 Å². The minimum absolute atomic E-state index is 0.139. The standard InChI is InChI=1S/C14H21BrN2O2/c1-14(2,3)12(16)13(18)17-8-9-5-6-11(19-4)10(15)7-9/h5-7,12H,8,16H2,1-4H3,(H,17,18)/t12-/m1/s1. The van der Waals surface area contributed by atoms with E-state index in [4.69, 9.17) is 10.5 Å². The normalized spacial score (nSPS) is 12.9. The number of ether oxygens (including phenoxy) is 1. The van der Waals surface area contributed by atoms with Crippen molar-refractivity contribution in [2.24, 2.45) is 11.1 Å². The number of hydrogen-bond acceptors (Lipinski definition) is 3. The number of rotatable bonds is 4. The first kappa shape index (κ1) is 16.0. The average Bonchev–Trinajstić information content (AvgIpc) is 2.34. The molecule has 0 heterocycles. The summed E-state index contributed by atoms with van der Waals surface area (Å²) < 4.78 is 6.02. The third kappa shape index (κ3) is 4.51. The Bertz CT molecular complexity index is 455. The Hall–Kier alpha value is -1.07. The number of nitrogens with two attached hydrogens (primary N) is 1. The van der Waals surface area contributed by atoms with Crippen molar-refractivity contribution in [3.05, 3.63) is 28.2 Å². The number of carbonyl (C=O) groups is 1. The molecular weight excluding hydrogens is 308 g/mol. The summed E-state index contributed by atoms with van der Waals surface area (Å²) in [6.45, 7) is 6.29. The van der Waals surface area contributed by atoms with Gasteiger partial charge in [-0.05, 0) is 39.0 Å². The second kappa shape index (κ2) is 6.39. The Kier molecular flexibility index (Phi) is 5.38. The fraction of sp³-hybridized carbons (Fsp3) is 0.500. The van der Waals surface area contributed by atoms with Crippen LogP contribution in [-0.2, 0) is 11.3 Å². The Balaban J connectivity index is 2.62. The lowest BCUT2D eigenvalue weighted by molar-refractivity contribution is -0.124. The van der Waals surface area contributed by atoms with E-state index in [9.17, 15) is 4.79 Å². The molecule has 5 heteroatoms. The zero-order chi connectivity index (χ0) is 14.6. The van der Waals surface area contributed by atoms with Gasteiger partial charge in [0.1, 0.15) is 5.75 Å². The lowest BCUT2D eigenvalue weighted by atomic mass is 9.87. The highest BCUT2D eigenvalue weighted by atomic mass is 79.9. The van der Waals surface area contributed by atoms with E-state index in [-0.39, 0.29) is 11.3 Å². The van der Waals surface area contributed by atoms with Crippen LogP contribution in [0.1, 0.15) is 26.3 Å². The third-order valence-electron chi connectivity index (χ3n) is 2.90. The fourth-order valence-corrected chi connectivity index (χ4v) is 2.10. The summed E-state index contributed by atoms with van der Waals surface area (Å²) in [7, 11) is 1.61. The minimum atomic E-state index is -0.519. The van der Waals surface area contributed by atoms with Crippen LogP contribution in [0.25, 0.3) is 0 Å². The van der Waals surface area contributed by atoms with E-state index in [0.717, 1.165) is 15.8 Å². The van der Waals surface area contributed by atoms with Gasteiger partial charge in [-0.1, -0.05) is 26.8 Å². The van der Waals surface area contributed by atoms with Crippen LogP contribution in [0.2, 0.25) is 0 Å². The third-order valence-corrected chi connectivity index (χ3v) is 3.52. The SMILES string of the molecule is COc1ccc(CNC(=O)[C@@H](N)C(C)(C)C)cc1Br. The molecule has 0 fully saturated rings. The summed E-state index contributed by atoms with van der Waals surface area (Å²) in [5.74, 6) is 0.626. The fourth-order valence-electron chi connectivity index (χ4n) is 1.51. The molecule has 106 valence electrons. The topological polar surface area (TPSA) is 64.3 Å². The highest BCUT2D eigenvalue weighted by molar-refractivity contribution is 9.10. The van der Waals surface area contributed by atoms with Crippen molar-refractivity contribution in [2.75, 3.05) is 7.11 Å². The molecule has 0 radical (unpaired) electrons. The van der Waals surface area contributed by atoms with E-state index in [2.05, 4.69) is 21.2 Å². The van der Waals surface area contributed by atoms with Crippen molar-refractivity contribution in [1.29, 1.82) is 0 Å². The lowest BCUT2D eigenvalue weighted by Gasteiger charge is -2.25.